The van der Waals surface area contributed by atoms with Gasteiger partial charge in [-0.15, -0.1) is 0 Å². The Balaban J connectivity index is 1.69. The highest BCUT2D eigenvalue weighted by molar-refractivity contribution is 5.93. The van der Waals surface area contributed by atoms with Crippen molar-refractivity contribution in [3.63, 3.8) is 0 Å². The van der Waals surface area contributed by atoms with E-state index in [0.717, 1.165) is 33.5 Å². The highest BCUT2D eigenvalue weighted by atomic mass is 15.3. The SMILES string of the molecule is Cn1c(C(C#N)=Cc2cn(-c3ccccc3)nc2-c2cccnc2)nc2ccccc21. The van der Waals surface area contributed by atoms with Crippen LogP contribution in [-0.2, 0) is 7.05 Å². The molecule has 31 heavy (non-hydrogen) atoms. The van der Waals surface area contributed by atoms with Crippen molar-refractivity contribution in [1.82, 2.24) is 24.3 Å². The fourth-order valence-electron chi connectivity index (χ4n) is 3.62. The van der Waals surface area contributed by atoms with Gasteiger partial charge >= 0.3 is 0 Å². The normalized spacial score (nSPS) is 11.5. The molecule has 0 saturated heterocycles. The molecule has 5 aromatic rings. The Morgan fingerprint density at radius 2 is 1.81 bits per heavy atom. The average Bonchev–Trinajstić information content (AvgIpc) is 3.40. The van der Waals surface area contributed by atoms with E-state index in [-0.39, 0.29) is 0 Å². The molecule has 0 fully saturated rings. The van der Waals surface area contributed by atoms with Crippen molar-refractivity contribution < 1.29 is 0 Å². The zero-order chi connectivity index (χ0) is 21.2. The van der Waals surface area contributed by atoms with Crippen LogP contribution in [0.5, 0.6) is 0 Å². The third-order valence-electron chi connectivity index (χ3n) is 5.15. The monoisotopic (exact) mass is 402 g/mol. The standard InChI is InChI=1S/C25H18N6/c1-30-23-12-6-5-11-22(23)28-25(30)19(15-26)14-20-17-31(21-9-3-2-4-10-21)29-24(20)18-8-7-13-27-16-18/h2-14,16-17H,1H3. The van der Waals surface area contributed by atoms with Crippen molar-refractivity contribution in [3.05, 3.63) is 96.7 Å². The first kappa shape index (κ1) is 18.5. The summed E-state index contributed by atoms with van der Waals surface area (Å²) < 4.78 is 3.76. The second-order valence-corrected chi connectivity index (χ2v) is 7.11. The number of aromatic nitrogens is 5. The maximum Gasteiger partial charge on any atom is 0.151 e. The van der Waals surface area contributed by atoms with Crippen molar-refractivity contribution in [1.29, 1.82) is 5.26 Å². The van der Waals surface area contributed by atoms with Crippen LogP contribution in [0.4, 0.5) is 0 Å². The molecule has 5 rings (SSSR count). The predicted octanol–water partition coefficient (Wildman–Crippen LogP) is 4.89. The van der Waals surface area contributed by atoms with Crippen LogP contribution in [0.2, 0.25) is 0 Å². The Kier molecular flexibility index (Phi) is 4.62. The van der Waals surface area contributed by atoms with Crippen LogP contribution in [0, 0.1) is 11.3 Å². The number of hydrogen-bond donors (Lipinski definition) is 0. The fraction of sp³-hybridized carbons (Fsp3) is 0.0400. The van der Waals surface area contributed by atoms with E-state index in [1.807, 2.05) is 95.3 Å². The molecule has 6 nitrogen and oxygen atoms in total. The lowest BCUT2D eigenvalue weighted by molar-refractivity contribution is 0.884. The average molecular weight is 402 g/mol. The molecule has 0 N–H and O–H groups in total. The van der Waals surface area contributed by atoms with Crippen LogP contribution in [-0.4, -0.2) is 24.3 Å². The number of aryl methyl sites for hydroxylation is 1. The largest absolute Gasteiger partial charge is 0.327 e. The first-order valence-electron chi connectivity index (χ1n) is 9.84. The molecule has 0 saturated carbocycles. The van der Waals surface area contributed by atoms with E-state index in [2.05, 4.69) is 16.0 Å². The van der Waals surface area contributed by atoms with Crippen LogP contribution < -0.4 is 0 Å². The summed E-state index contributed by atoms with van der Waals surface area (Å²) in [6, 6.07) is 23.9. The quantitative estimate of drug-likeness (QED) is 0.402. The minimum Gasteiger partial charge on any atom is -0.327 e. The number of nitriles is 1. The highest BCUT2D eigenvalue weighted by Gasteiger charge is 2.16. The second kappa shape index (κ2) is 7.73. The number of nitrogens with zero attached hydrogens (tertiary/aromatic N) is 6. The van der Waals surface area contributed by atoms with E-state index in [0.29, 0.717) is 11.4 Å². The topological polar surface area (TPSA) is 72.3 Å². The first-order valence-corrected chi connectivity index (χ1v) is 9.84. The van der Waals surface area contributed by atoms with Gasteiger partial charge in [-0.3, -0.25) is 4.98 Å². The van der Waals surface area contributed by atoms with E-state index in [4.69, 9.17) is 5.10 Å². The minimum atomic E-state index is 0.469. The van der Waals surface area contributed by atoms with Crippen molar-refractivity contribution in [3.8, 4) is 23.0 Å². The Morgan fingerprint density at radius 1 is 1.00 bits per heavy atom. The molecule has 0 atom stereocenters. The maximum absolute atomic E-state index is 9.96. The maximum atomic E-state index is 9.96. The molecule has 148 valence electrons. The van der Waals surface area contributed by atoms with Gasteiger partial charge < -0.3 is 4.57 Å². The van der Waals surface area contributed by atoms with Gasteiger partial charge in [-0.2, -0.15) is 10.4 Å². The molecule has 0 radical (unpaired) electrons. The molecule has 6 heteroatoms. The van der Waals surface area contributed by atoms with E-state index >= 15 is 0 Å². The number of allylic oxidation sites excluding steroid dienone is 1. The zero-order valence-electron chi connectivity index (χ0n) is 16.8. The summed E-state index contributed by atoms with van der Waals surface area (Å²) in [5, 5.41) is 14.8. The molecule has 0 amide bonds. The number of fused-ring (bicyclic) bond motifs is 1. The molecule has 0 bridgehead atoms. The van der Waals surface area contributed by atoms with Crippen molar-refractivity contribution in [2.24, 2.45) is 7.05 Å². The van der Waals surface area contributed by atoms with Gasteiger partial charge in [-0.05, 0) is 42.5 Å². The van der Waals surface area contributed by atoms with Gasteiger partial charge in [0, 0.05) is 36.8 Å². The smallest absolute Gasteiger partial charge is 0.151 e. The first-order chi connectivity index (χ1) is 15.2. The number of para-hydroxylation sites is 3. The van der Waals surface area contributed by atoms with Crippen LogP contribution in [0.15, 0.2) is 85.3 Å². The van der Waals surface area contributed by atoms with Gasteiger partial charge in [-0.25, -0.2) is 9.67 Å². The van der Waals surface area contributed by atoms with Crippen LogP contribution in [0.1, 0.15) is 11.4 Å². The minimum absolute atomic E-state index is 0.469. The Hall–Kier alpha value is -4.50. The third kappa shape index (κ3) is 3.38. The van der Waals surface area contributed by atoms with Crippen LogP contribution in [0.25, 0.3) is 39.6 Å². The molecule has 0 aliphatic rings. The molecule has 0 spiro atoms. The predicted molar refractivity (Wildman–Crippen MR) is 121 cm³/mol. The molecule has 3 aromatic heterocycles. The van der Waals surface area contributed by atoms with Gasteiger partial charge in [0.2, 0.25) is 0 Å². The Labute approximate surface area is 179 Å². The summed E-state index contributed by atoms with van der Waals surface area (Å²) >= 11 is 0. The highest BCUT2D eigenvalue weighted by Crippen LogP contribution is 2.28. The Morgan fingerprint density at radius 3 is 2.55 bits per heavy atom. The summed E-state index contributed by atoms with van der Waals surface area (Å²) in [7, 11) is 1.92. The van der Waals surface area contributed by atoms with E-state index in [1.165, 1.54) is 0 Å². The number of hydrogen-bond acceptors (Lipinski definition) is 4. The van der Waals surface area contributed by atoms with Gasteiger partial charge in [0.25, 0.3) is 0 Å². The lowest BCUT2D eigenvalue weighted by atomic mass is 10.1. The van der Waals surface area contributed by atoms with Gasteiger partial charge in [-0.1, -0.05) is 30.3 Å². The molecular formula is C25H18N6. The number of imidazole rings is 1. The lowest BCUT2D eigenvalue weighted by Gasteiger charge is -2.02. The fourth-order valence-corrected chi connectivity index (χ4v) is 3.62. The van der Waals surface area contributed by atoms with Crippen molar-refractivity contribution in [2.45, 2.75) is 0 Å². The summed E-state index contributed by atoms with van der Waals surface area (Å²) in [6.07, 6.45) is 7.27. The van der Waals surface area contributed by atoms with E-state index in [1.54, 1.807) is 12.4 Å². The molecule has 0 aliphatic carbocycles. The van der Waals surface area contributed by atoms with Crippen LogP contribution >= 0.6 is 0 Å². The second-order valence-electron chi connectivity index (χ2n) is 7.11. The molecular weight excluding hydrogens is 384 g/mol. The van der Waals surface area contributed by atoms with E-state index < -0.39 is 0 Å². The summed E-state index contributed by atoms with van der Waals surface area (Å²) in [5.41, 5.74) is 5.69. The summed E-state index contributed by atoms with van der Waals surface area (Å²) in [6.45, 7) is 0. The van der Waals surface area contributed by atoms with Crippen molar-refractivity contribution in [2.75, 3.05) is 0 Å². The van der Waals surface area contributed by atoms with Crippen LogP contribution in [0.3, 0.4) is 0 Å². The Bertz CT molecular complexity index is 1440. The van der Waals surface area contributed by atoms with Gasteiger partial charge in [0.15, 0.2) is 5.82 Å². The molecule has 0 unspecified atom stereocenters. The molecule has 3 heterocycles. The summed E-state index contributed by atoms with van der Waals surface area (Å²) in [4.78, 5) is 8.91. The van der Waals surface area contributed by atoms with Gasteiger partial charge in [0.1, 0.15) is 11.8 Å². The number of pyridine rings is 1. The lowest BCUT2D eigenvalue weighted by Crippen LogP contribution is -1.96. The molecule has 2 aromatic carbocycles. The molecule has 0 aliphatic heterocycles. The summed E-state index contributed by atoms with van der Waals surface area (Å²) in [5.74, 6) is 0.619. The number of rotatable bonds is 4. The zero-order valence-corrected chi connectivity index (χ0v) is 16.8. The van der Waals surface area contributed by atoms with E-state index in [9.17, 15) is 5.26 Å². The van der Waals surface area contributed by atoms with Crippen molar-refractivity contribution >= 4 is 22.7 Å². The third-order valence-corrected chi connectivity index (χ3v) is 5.15. The number of benzene rings is 2. The van der Waals surface area contributed by atoms with Gasteiger partial charge in [0.05, 0.1) is 22.3 Å².